The fourth-order valence-corrected chi connectivity index (χ4v) is 2.63. The molecule has 0 saturated heterocycles. The predicted octanol–water partition coefficient (Wildman–Crippen LogP) is 3.99. The lowest BCUT2D eigenvalue weighted by Crippen LogP contribution is -2.33. The van der Waals surface area contributed by atoms with Gasteiger partial charge in [0.15, 0.2) is 0 Å². The van der Waals surface area contributed by atoms with E-state index in [9.17, 15) is 18.4 Å². The van der Waals surface area contributed by atoms with Crippen LogP contribution in [0.3, 0.4) is 0 Å². The van der Waals surface area contributed by atoms with Crippen LogP contribution in [-0.2, 0) is 4.79 Å². The fourth-order valence-electron chi connectivity index (χ4n) is 2.13. The van der Waals surface area contributed by atoms with Gasteiger partial charge in [-0.05, 0) is 55.3 Å². The molecule has 25 heavy (non-hydrogen) atoms. The van der Waals surface area contributed by atoms with Gasteiger partial charge in [-0.25, -0.2) is 0 Å². The summed E-state index contributed by atoms with van der Waals surface area (Å²) >= 11 is 0.412. The lowest BCUT2D eigenvalue weighted by atomic mass is 10.1. The van der Waals surface area contributed by atoms with Gasteiger partial charge in [-0.2, -0.15) is 8.78 Å². The first-order chi connectivity index (χ1) is 11.9. The van der Waals surface area contributed by atoms with Gasteiger partial charge >= 0.3 is 0 Å². The number of aryl methyl sites for hydroxylation is 1. The van der Waals surface area contributed by atoms with Crippen LogP contribution in [0.4, 0.5) is 14.5 Å². The Bertz CT molecular complexity index is 764. The number of carbonyl (C=O) groups excluding carboxylic acids is 2. The first kappa shape index (κ1) is 18.9. The maximum Gasteiger partial charge on any atom is 0.288 e. The molecule has 0 aromatic heterocycles. The Labute approximate surface area is 149 Å². The third-order valence-electron chi connectivity index (χ3n) is 3.63. The Morgan fingerprint density at radius 1 is 1.08 bits per heavy atom. The van der Waals surface area contributed by atoms with Crippen LogP contribution < -0.4 is 10.6 Å². The topological polar surface area (TPSA) is 58.2 Å². The molecule has 2 rings (SSSR count). The summed E-state index contributed by atoms with van der Waals surface area (Å²) in [4.78, 5) is 24.4. The number of hydrogen-bond acceptors (Lipinski definition) is 3. The van der Waals surface area contributed by atoms with E-state index in [0.717, 1.165) is 11.1 Å². The Hall–Kier alpha value is -2.41. The van der Waals surface area contributed by atoms with Crippen LogP contribution in [-0.4, -0.2) is 24.1 Å². The number of hydrogen-bond donors (Lipinski definition) is 2. The molecular weight excluding hydrogens is 346 g/mol. The van der Waals surface area contributed by atoms with Crippen molar-refractivity contribution in [2.75, 3.05) is 11.9 Å². The van der Waals surface area contributed by atoms with Gasteiger partial charge in [0.2, 0.25) is 5.91 Å². The molecule has 0 unspecified atom stereocenters. The van der Waals surface area contributed by atoms with Gasteiger partial charge in [0.05, 0.1) is 6.54 Å². The Morgan fingerprint density at radius 3 is 2.40 bits per heavy atom. The lowest BCUT2D eigenvalue weighted by molar-refractivity contribution is -0.115. The molecule has 2 aromatic rings. The number of carbonyl (C=O) groups is 2. The number of nitrogens with one attached hydrogen (secondary N) is 2. The zero-order valence-electron chi connectivity index (χ0n) is 13.8. The van der Waals surface area contributed by atoms with Gasteiger partial charge in [0, 0.05) is 16.1 Å². The molecule has 0 radical (unpaired) electrons. The number of halogens is 2. The number of alkyl halides is 2. The van der Waals surface area contributed by atoms with E-state index in [0.29, 0.717) is 27.9 Å². The van der Waals surface area contributed by atoms with E-state index in [4.69, 9.17) is 0 Å². The second kappa shape index (κ2) is 8.62. The molecule has 2 N–H and O–H groups in total. The molecule has 0 aliphatic carbocycles. The second-order valence-corrected chi connectivity index (χ2v) is 6.44. The molecule has 0 spiro atoms. The highest BCUT2D eigenvalue weighted by molar-refractivity contribution is 7.99. The Balaban J connectivity index is 1.88. The van der Waals surface area contributed by atoms with Crippen molar-refractivity contribution in [2.45, 2.75) is 24.5 Å². The van der Waals surface area contributed by atoms with E-state index in [1.54, 1.807) is 6.07 Å². The quantitative estimate of drug-likeness (QED) is 0.762. The van der Waals surface area contributed by atoms with Crippen LogP contribution in [0.5, 0.6) is 0 Å². The first-order valence-electron chi connectivity index (χ1n) is 7.56. The number of rotatable bonds is 6. The molecule has 0 fully saturated rings. The third-order valence-corrected chi connectivity index (χ3v) is 4.35. The highest BCUT2D eigenvalue weighted by atomic mass is 32.2. The third kappa shape index (κ3) is 5.56. The highest BCUT2D eigenvalue weighted by Gasteiger charge is 2.11. The van der Waals surface area contributed by atoms with Gasteiger partial charge < -0.3 is 10.6 Å². The summed E-state index contributed by atoms with van der Waals surface area (Å²) in [7, 11) is 0. The predicted molar refractivity (Wildman–Crippen MR) is 95.2 cm³/mol. The minimum atomic E-state index is -2.51. The van der Waals surface area contributed by atoms with Gasteiger partial charge in [0.25, 0.3) is 11.7 Å². The molecule has 0 aliphatic heterocycles. The molecule has 0 atom stereocenters. The van der Waals surface area contributed by atoms with Crippen molar-refractivity contribution >= 4 is 29.3 Å². The van der Waals surface area contributed by atoms with E-state index in [-0.39, 0.29) is 12.5 Å². The average molecular weight is 364 g/mol. The van der Waals surface area contributed by atoms with E-state index >= 15 is 0 Å². The summed E-state index contributed by atoms with van der Waals surface area (Å²) in [5.41, 5.74) is 3.03. The maximum absolute atomic E-state index is 12.3. The molecular formula is C18H18F2N2O2S. The van der Waals surface area contributed by atoms with Gasteiger partial charge in [-0.3, -0.25) is 9.59 Å². The van der Waals surface area contributed by atoms with Crippen LogP contribution in [0.1, 0.15) is 21.5 Å². The summed E-state index contributed by atoms with van der Waals surface area (Å²) in [5.74, 6) is -3.29. The van der Waals surface area contributed by atoms with Crippen LogP contribution in [0.15, 0.2) is 47.4 Å². The van der Waals surface area contributed by atoms with Crippen LogP contribution >= 0.6 is 11.8 Å². The molecule has 0 aliphatic rings. The van der Waals surface area contributed by atoms with Crippen molar-refractivity contribution in [3.05, 3.63) is 59.2 Å². The normalized spacial score (nSPS) is 10.6. The van der Waals surface area contributed by atoms with Crippen molar-refractivity contribution in [2.24, 2.45) is 0 Å². The molecule has 2 amide bonds. The summed E-state index contributed by atoms with van der Waals surface area (Å²) < 4.78 is 24.5. The second-order valence-electron chi connectivity index (χ2n) is 5.38. The fraction of sp³-hybridized carbons (Fsp3) is 0.222. The van der Waals surface area contributed by atoms with E-state index in [2.05, 4.69) is 10.6 Å². The minimum absolute atomic E-state index is 0.181. The number of amides is 2. The van der Waals surface area contributed by atoms with Crippen molar-refractivity contribution in [1.29, 1.82) is 0 Å². The summed E-state index contributed by atoms with van der Waals surface area (Å²) in [6.07, 6.45) is 0. The van der Waals surface area contributed by atoms with Gasteiger partial charge in [-0.15, -0.1) is 0 Å². The zero-order valence-corrected chi connectivity index (χ0v) is 14.6. The molecule has 2 aromatic carbocycles. The molecule has 4 nitrogen and oxygen atoms in total. The smallest absolute Gasteiger partial charge is 0.288 e. The molecule has 0 heterocycles. The van der Waals surface area contributed by atoms with Crippen LogP contribution in [0.25, 0.3) is 0 Å². The highest BCUT2D eigenvalue weighted by Crippen LogP contribution is 2.25. The zero-order chi connectivity index (χ0) is 18.4. The molecule has 0 saturated carbocycles. The number of thioether (sulfide) groups is 1. The maximum atomic E-state index is 12.3. The largest absolute Gasteiger partial charge is 0.343 e. The summed E-state index contributed by atoms with van der Waals surface area (Å²) in [6.45, 7) is 3.67. The Kier molecular flexibility index (Phi) is 6.52. The van der Waals surface area contributed by atoms with Crippen molar-refractivity contribution < 1.29 is 18.4 Å². The van der Waals surface area contributed by atoms with E-state index < -0.39 is 11.7 Å². The number of anilines is 1. The van der Waals surface area contributed by atoms with E-state index in [1.807, 2.05) is 26.0 Å². The molecule has 0 bridgehead atoms. The van der Waals surface area contributed by atoms with Crippen LogP contribution in [0.2, 0.25) is 0 Å². The van der Waals surface area contributed by atoms with Crippen molar-refractivity contribution in [3.8, 4) is 0 Å². The van der Waals surface area contributed by atoms with E-state index in [1.165, 1.54) is 24.3 Å². The first-order valence-corrected chi connectivity index (χ1v) is 8.44. The summed E-state index contributed by atoms with van der Waals surface area (Å²) in [6, 6.07) is 11.4. The monoisotopic (exact) mass is 364 g/mol. The SMILES string of the molecule is Cc1cccc(NC(=O)CNC(=O)c2ccc(SC(F)F)cc2)c1C. The van der Waals surface area contributed by atoms with Crippen molar-refractivity contribution in [1.82, 2.24) is 5.32 Å². The molecule has 7 heteroatoms. The lowest BCUT2D eigenvalue weighted by Gasteiger charge is -2.11. The number of benzene rings is 2. The van der Waals surface area contributed by atoms with Gasteiger partial charge in [0.1, 0.15) is 0 Å². The summed E-state index contributed by atoms with van der Waals surface area (Å²) in [5, 5.41) is 5.26. The standard InChI is InChI=1S/C18H18F2N2O2S/c1-11-4-3-5-15(12(11)2)22-16(23)10-21-17(24)13-6-8-14(9-7-13)25-18(19)20/h3-9,18H,10H2,1-2H3,(H,21,24)(H,22,23). The minimum Gasteiger partial charge on any atom is -0.343 e. The molecule has 132 valence electrons. The average Bonchev–Trinajstić information content (AvgIpc) is 2.57. The Morgan fingerprint density at radius 2 is 1.76 bits per heavy atom. The van der Waals surface area contributed by atoms with Gasteiger partial charge in [-0.1, -0.05) is 23.9 Å². The van der Waals surface area contributed by atoms with Crippen molar-refractivity contribution in [3.63, 3.8) is 0 Å². The van der Waals surface area contributed by atoms with Crippen LogP contribution in [0, 0.1) is 13.8 Å².